The van der Waals surface area contributed by atoms with Crippen LogP contribution in [-0.2, 0) is 4.79 Å². The first kappa shape index (κ1) is 11.6. The van der Waals surface area contributed by atoms with Crippen molar-refractivity contribution in [1.29, 1.82) is 0 Å². The molecule has 3 heteroatoms. The van der Waals surface area contributed by atoms with E-state index < -0.39 is 0 Å². The molecule has 0 aliphatic carbocycles. The quantitative estimate of drug-likeness (QED) is 0.773. The van der Waals surface area contributed by atoms with Gasteiger partial charge in [0.1, 0.15) is 17.8 Å². The third kappa shape index (κ3) is 2.49. The van der Waals surface area contributed by atoms with E-state index in [2.05, 4.69) is 0 Å². The molecule has 1 unspecified atom stereocenters. The Morgan fingerprint density at radius 2 is 2.20 bits per heavy atom. The van der Waals surface area contributed by atoms with Gasteiger partial charge in [-0.2, -0.15) is 0 Å². The van der Waals surface area contributed by atoms with Gasteiger partial charge in [0.05, 0.1) is 7.11 Å². The molecular weight excluding hydrogens is 192 g/mol. The summed E-state index contributed by atoms with van der Waals surface area (Å²) in [6, 6.07) is 3.25. The molecule has 1 aromatic rings. The highest BCUT2D eigenvalue weighted by Crippen LogP contribution is 2.34. The normalized spacial score (nSPS) is 12.2. The van der Waals surface area contributed by atoms with E-state index in [-0.39, 0.29) is 11.7 Å². The summed E-state index contributed by atoms with van der Waals surface area (Å²) in [6.45, 7) is 3.87. The number of hydrogen-bond acceptors (Lipinski definition) is 3. The molecule has 0 amide bonds. The summed E-state index contributed by atoms with van der Waals surface area (Å²) in [5.74, 6) is 0.936. The Morgan fingerprint density at radius 1 is 1.53 bits per heavy atom. The zero-order valence-electron chi connectivity index (χ0n) is 9.28. The highest BCUT2D eigenvalue weighted by atomic mass is 16.5. The lowest BCUT2D eigenvalue weighted by Crippen LogP contribution is -2.01. The van der Waals surface area contributed by atoms with Gasteiger partial charge in [-0.15, -0.1) is 0 Å². The maximum atomic E-state index is 10.5. The number of carbonyl (C=O) groups excluding carboxylic acids is 1. The molecule has 0 fully saturated rings. The fraction of sp³-hybridized carbons (Fsp3) is 0.417. The third-order valence-corrected chi connectivity index (χ3v) is 2.50. The standard InChI is InChI=1S/C12H16O3/c1-8(4-5-13)12-9(2)6-10(14)7-11(12)15-3/h5-8,14H,4H2,1-3H3. The van der Waals surface area contributed by atoms with Crippen molar-refractivity contribution in [3.63, 3.8) is 0 Å². The zero-order chi connectivity index (χ0) is 11.4. The molecular formula is C12H16O3. The SMILES string of the molecule is COc1cc(O)cc(C)c1C(C)CC=O. The Kier molecular flexibility index (Phi) is 3.72. The summed E-state index contributed by atoms with van der Waals surface area (Å²) in [7, 11) is 1.56. The summed E-state index contributed by atoms with van der Waals surface area (Å²) in [5, 5.41) is 9.41. The number of aromatic hydroxyl groups is 1. The van der Waals surface area contributed by atoms with Crippen molar-refractivity contribution in [1.82, 2.24) is 0 Å². The Balaban J connectivity index is 3.19. The van der Waals surface area contributed by atoms with E-state index in [1.165, 1.54) is 0 Å². The van der Waals surface area contributed by atoms with Gasteiger partial charge in [-0.25, -0.2) is 0 Å². The second kappa shape index (κ2) is 4.82. The molecule has 0 saturated carbocycles. The number of aryl methyl sites for hydroxylation is 1. The summed E-state index contributed by atoms with van der Waals surface area (Å²) in [5.41, 5.74) is 1.93. The Hall–Kier alpha value is -1.51. The summed E-state index contributed by atoms with van der Waals surface area (Å²) >= 11 is 0. The van der Waals surface area contributed by atoms with E-state index >= 15 is 0 Å². The first-order chi connectivity index (χ1) is 7.10. The molecule has 0 spiro atoms. The molecule has 15 heavy (non-hydrogen) atoms. The van der Waals surface area contributed by atoms with Gasteiger partial charge in [-0.3, -0.25) is 0 Å². The smallest absolute Gasteiger partial charge is 0.126 e. The molecule has 1 N–H and O–H groups in total. The van der Waals surface area contributed by atoms with Crippen LogP contribution in [0.3, 0.4) is 0 Å². The van der Waals surface area contributed by atoms with Gasteiger partial charge in [0.25, 0.3) is 0 Å². The number of benzene rings is 1. The van der Waals surface area contributed by atoms with E-state index in [0.29, 0.717) is 12.2 Å². The fourth-order valence-electron chi connectivity index (χ4n) is 1.81. The summed E-state index contributed by atoms with van der Waals surface area (Å²) in [6.07, 6.45) is 1.36. The van der Waals surface area contributed by atoms with Crippen LogP contribution < -0.4 is 4.74 Å². The second-order valence-electron chi connectivity index (χ2n) is 3.68. The summed E-state index contributed by atoms with van der Waals surface area (Å²) < 4.78 is 5.20. The fourth-order valence-corrected chi connectivity index (χ4v) is 1.81. The summed E-state index contributed by atoms with van der Waals surface area (Å²) in [4.78, 5) is 10.5. The molecule has 0 aliphatic heterocycles. The van der Waals surface area contributed by atoms with Crippen LogP contribution >= 0.6 is 0 Å². The first-order valence-electron chi connectivity index (χ1n) is 4.91. The molecule has 0 aliphatic rings. The van der Waals surface area contributed by atoms with Crippen molar-refractivity contribution in [2.75, 3.05) is 7.11 Å². The second-order valence-corrected chi connectivity index (χ2v) is 3.68. The van der Waals surface area contributed by atoms with Gasteiger partial charge in [0, 0.05) is 18.1 Å². The maximum Gasteiger partial charge on any atom is 0.126 e. The minimum Gasteiger partial charge on any atom is -0.508 e. The van der Waals surface area contributed by atoms with Crippen LogP contribution in [-0.4, -0.2) is 18.5 Å². The number of phenols is 1. The van der Waals surface area contributed by atoms with E-state index in [1.807, 2.05) is 13.8 Å². The molecule has 82 valence electrons. The Bertz CT molecular complexity index is 358. The minimum absolute atomic E-state index is 0.109. The first-order valence-corrected chi connectivity index (χ1v) is 4.91. The Morgan fingerprint density at radius 3 is 2.73 bits per heavy atom. The lowest BCUT2D eigenvalue weighted by molar-refractivity contribution is -0.108. The lowest BCUT2D eigenvalue weighted by atomic mass is 9.93. The van der Waals surface area contributed by atoms with Crippen LogP contribution in [0, 0.1) is 6.92 Å². The maximum absolute atomic E-state index is 10.5. The van der Waals surface area contributed by atoms with E-state index in [9.17, 15) is 9.90 Å². The molecule has 0 saturated heterocycles. The van der Waals surface area contributed by atoms with Gasteiger partial charge in [-0.05, 0) is 24.5 Å². The largest absolute Gasteiger partial charge is 0.508 e. The molecule has 3 nitrogen and oxygen atoms in total. The van der Waals surface area contributed by atoms with Gasteiger partial charge >= 0.3 is 0 Å². The average molecular weight is 208 g/mol. The monoisotopic (exact) mass is 208 g/mol. The van der Waals surface area contributed by atoms with Gasteiger partial charge < -0.3 is 14.6 Å². The zero-order valence-corrected chi connectivity index (χ0v) is 9.28. The molecule has 1 aromatic carbocycles. The lowest BCUT2D eigenvalue weighted by Gasteiger charge is -2.16. The average Bonchev–Trinajstić information content (AvgIpc) is 2.16. The number of phenolic OH excluding ortho intramolecular Hbond substituents is 1. The number of rotatable bonds is 4. The van der Waals surface area contributed by atoms with Crippen molar-refractivity contribution in [2.45, 2.75) is 26.2 Å². The van der Waals surface area contributed by atoms with Crippen molar-refractivity contribution >= 4 is 6.29 Å². The molecule has 0 aromatic heterocycles. The van der Waals surface area contributed by atoms with Crippen LogP contribution in [0.1, 0.15) is 30.4 Å². The van der Waals surface area contributed by atoms with Crippen molar-refractivity contribution in [3.8, 4) is 11.5 Å². The van der Waals surface area contributed by atoms with Crippen molar-refractivity contribution < 1.29 is 14.6 Å². The van der Waals surface area contributed by atoms with Crippen LogP contribution in [0.4, 0.5) is 0 Å². The Labute approximate surface area is 89.7 Å². The predicted octanol–water partition coefficient (Wildman–Crippen LogP) is 2.40. The third-order valence-electron chi connectivity index (χ3n) is 2.50. The van der Waals surface area contributed by atoms with E-state index in [1.54, 1.807) is 19.2 Å². The van der Waals surface area contributed by atoms with Gasteiger partial charge in [0.15, 0.2) is 0 Å². The van der Waals surface area contributed by atoms with E-state index in [4.69, 9.17) is 4.74 Å². The van der Waals surface area contributed by atoms with Gasteiger partial charge in [-0.1, -0.05) is 6.92 Å². The number of hydrogen-bond donors (Lipinski definition) is 1. The van der Waals surface area contributed by atoms with Crippen molar-refractivity contribution in [2.24, 2.45) is 0 Å². The number of carbonyl (C=O) groups is 1. The number of aldehydes is 1. The van der Waals surface area contributed by atoms with Crippen LogP contribution in [0.5, 0.6) is 11.5 Å². The molecule has 1 atom stereocenters. The van der Waals surface area contributed by atoms with E-state index in [0.717, 1.165) is 17.4 Å². The topological polar surface area (TPSA) is 46.5 Å². The predicted molar refractivity (Wildman–Crippen MR) is 58.5 cm³/mol. The highest BCUT2D eigenvalue weighted by molar-refractivity contribution is 5.55. The molecule has 0 bridgehead atoms. The highest BCUT2D eigenvalue weighted by Gasteiger charge is 2.15. The van der Waals surface area contributed by atoms with Crippen molar-refractivity contribution in [3.05, 3.63) is 23.3 Å². The molecule has 1 rings (SSSR count). The van der Waals surface area contributed by atoms with Crippen LogP contribution in [0.15, 0.2) is 12.1 Å². The number of ether oxygens (including phenoxy) is 1. The molecule has 0 heterocycles. The minimum atomic E-state index is 0.109. The molecule has 0 radical (unpaired) electrons. The van der Waals surface area contributed by atoms with Gasteiger partial charge in [0.2, 0.25) is 0 Å². The number of methoxy groups -OCH3 is 1. The van der Waals surface area contributed by atoms with Crippen LogP contribution in [0.25, 0.3) is 0 Å². The van der Waals surface area contributed by atoms with Crippen LogP contribution in [0.2, 0.25) is 0 Å².